The number of aromatic nitrogens is 4. The number of carboxylic acid groups (broad SMARTS) is 1. The second-order valence-electron chi connectivity index (χ2n) is 13.9. The van der Waals surface area contributed by atoms with E-state index in [2.05, 4.69) is 22.8 Å². The Morgan fingerprint density at radius 2 is 1.55 bits per heavy atom. The number of β-amino-alcohol motifs (C(OH)–C–C–N with tert-alkyl or cyclic N) is 1. The molecule has 0 unspecified atom stereocenters. The molecule has 0 radical (unpaired) electrons. The van der Waals surface area contributed by atoms with E-state index < -0.39 is 5.97 Å². The van der Waals surface area contributed by atoms with Crippen LogP contribution in [0.2, 0.25) is 5.02 Å². The van der Waals surface area contributed by atoms with Crippen LogP contribution in [0.15, 0.2) is 54.7 Å². The van der Waals surface area contributed by atoms with Crippen LogP contribution in [-0.4, -0.2) is 99.3 Å². The third-order valence-corrected chi connectivity index (χ3v) is 10.9. The van der Waals surface area contributed by atoms with Crippen LogP contribution in [0.4, 0.5) is 0 Å². The van der Waals surface area contributed by atoms with Gasteiger partial charge in [-0.25, -0.2) is 9.67 Å². The second-order valence-corrected chi connectivity index (χ2v) is 14.3. The van der Waals surface area contributed by atoms with Crippen LogP contribution in [0.1, 0.15) is 42.4 Å². The molecule has 2 fully saturated rings. The Kier molecular flexibility index (Phi) is 10.8. The predicted molar refractivity (Wildman–Crippen MR) is 203 cm³/mol. The van der Waals surface area contributed by atoms with Crippen molar-refractivity contribution in [2.24, 2.45) is 5.92 Å². The van der Waals surface area contributed by atoms with Gasteiger partial charge in [0.1, 0.15) is 5.75 Å². The van der Waals surface area contributed by atoms with Crippen molar-refractivity contribution in [1.29, 1.82) is 0 Å². The normalized spacial score (nSPS) is 17.1. The first-order valence-electron chi connectivity index (χ1n) is 17.9. The molecule has 1 atom stereocenters. The minimum atomic E-state index is -0.729. The number of hydrogen-bond acceptors (Lipinski definition) is 10. The molecular weight excluding hydrogens is 696 g/mol. The largest absolute Gasteiger partial charge is 0.496 e. The number of carbonyl (C=O) groups is 1. The molecule has 5 aromatic rings. The van der Waals surface area contributed by atoms with Gasteiger partial charge in [0.15, 0.2) is 5.82 Å². The first-order chi connectivity index (χ1) is 25.7. The van der Waals surface area contributed by atoms with E-state index in [9.17, 15) is 15.0 Å². The van der Waals surface area contributed by atoms with Gasteiger partial charge in [-0.15, -0.1) is 0 Å². The predicted octanol–water partition coefficient (Wildman–Crippen LogP) is 6.39. The number of aliphatic hydroxyl groups excluding tert-OH is 1. The van der Waals surface area contributed by atoms with Crippen molar-refractivity contribution in [2.75, 3.05) is 47.5 Å². The highest BCUT2D eigenvalue weighted by Gasteiger charge is 2.26. The average Bonchev–Trinajstić information content (AvgIpc) is 3.79. The first kappa shape index (κ1) is 36.6. The Bertz CT molecular complexity index is 2110. The van der Waals surface area contributed by atoms with Crippen LogP contribution in [-0.2, 0) is 17.9 Å². The fourth-order valence-electron chi connectivity index (χ4n) is 7.69. The lowest BCUT2D eigenvalue weighted by Gasteiger charge is -2.32. The van der Waals surface area contributed by atoms with E-state index in [4.69, 9.17) is 40.9 Å². The molecule has 278 valence electrons. The summed E-state index contributed by atoms with van der Waals surface area (Å²) in [4.78, 5) is 25.5. The average molecular weight is 741 g/mol. The third kappa shape index (κ3) is 7.54. The van der Waals surface area contributed by atoms with E-state index in [1.54, 1.807) is 26.0 Å². The highest BCUT2D eigenvalue weighted by molar-refractivity contribution is 6.36. The van der Waals surface area contributed by atoms with Crippen LogP contribution >= 0.6 is 11.6 Å². The molecule has 12 nitrogen and oxygen atoms in total. The van der Waals surface area contributed by atoms with Crippen molar-refractivity contribution in [3.63, 3.8) is 0 Å². The fraction of sp³-hybridized carbons (Fsp3) is 0.400. The van der Waals surface area contributed by atoms with Gasteiger partial charge in [-0.2, -0.15) is 10.1 Å². The third-order valence-electron chi connectivity index (χ3n) is 10.5. The zero-order valence-electron chi connectivity index (χ0n) is 30.5. The monoisotopic (exact) mass is 740 g/mol. The highest BCUT2D eigenvalue weighted by Crippen LogP contribution is 2.41. The molecule has 2 saturated heterocycles. The zero-order chi connectivity index (χ0) is 37.2. The van der Waals surface area contributed by atoms with E-state index in [1.165, 1.54) is 0 Å². The summed E-state index contributed by atoms with van der Waals surface area (Å²) in [6, 6.07) is 15.9. The molecule has 2 aliphatic rings. The number of aliphatic carboxylic acids is 1. The molecule has 2 N–H and O–H groups in total. The number of halogens is 1. The maximum Gasteiger partial charge on any atom is 0.303 e. The van der Waals surface area contributed by atoms with Gasteiger partial charge in [0.2, 0.25) is 11.8 Å². The molecule has 5 heterocycles. The number of carboxylic acids is 1. The van der Waals surface area contributed by atoms with Crippen molar-refractivity contribution in [3.8, 4) is 45.7 Å². The Morgan fingerprint density at radius 3 is 2.25 bits per heavy atom. The number of benzene rings is 2. The van der Waals surface area contributed by atoms with Gasteiger partial charge in [-0.1, -0.05) is 41.9 Å². The van der Waals surface area contributed by atoms with Gasteiger partial charge in [-0.3, -0.25) is 14.6 Å². The molecule has 2 aliphatic heterocycles. The number of nitrogens with zero attached hydrogens (tertiary/aromatic N) is 6. The van der Waals surface area contributed by atoms with Crippen LogP contribution in [0, 0.1) is 12.8 Å². The summed E-state index contributed by atoms with van der Waals surface area (Å²) in [5, 5.41) is 25.5. The van der Waals surface area contributed by atoms with Crippen molar-refractivity contribution in [2.45, 2.75) is 51.8 Å². The molecule has 53 heavy (non-hydrogen) atoms. The minimum Gasteiger partial charge on any atom is -0.496 e. The molecule has 0 bridgehead atoms. The minimum absolute atomic E-state index is 0.221. The Morgan fingerprint density at radius 1 is 0.868 bits per heavy atom. The van der Waals surface area contributed by atoms with Gasteiger partial charge in [-0.05, 0) is 68.5 Å². The lowest BCUT2D eigenvalue weighted by molar-refractivity contribution is -0.138. The van der Waals surface area contributed by atoms with E-state index >= 15 is 0 Å². The van der Waals surface area contributed by atoms with Crippen molar-refractivity contribution < 1.29 is 29.2 Å². The summed E-state index contributed by atoms with van der Waals surface area (Å²) in [5.74, 6) is 1.67. The van der Waals surface area contributed by atoms with Gasteiger partial charge in [0, 0.05) is 60.7 Å². The highest BCUT2D eigenvalue weighted by atomic mass is 35.5. The van der Waals surface area contributed by atoms with Crippen molar-refractivity contribution in [1.82, 2.24) is 29.5 Å². The SMILES string of the molecule is COc1cc(-n2ncc3c(-c4cccc(-c5cc(C)c(CN6CCC(CC(=O)O)CC6)c(OC)n5)c4Cl)cccc32)nc(OC)c1CN1CC[C@@H](O)C1. The zero-order valence-corrected chi connectivity index (χ0v) is 31.3. The van der Waals surface area contributed by atoms with Crippen LogP contribution in [0.3, 0.4) is 0 Å². The number of hydrogen-bond donors (Lipinski definition) is 2. The Labute approximate surface area is 313 Å². The standard InChI is InChI=1S/C40H45ClN6O6/c1-24-17-33(43-39(52-3)31(24)22-45-14-11-25(12-15-45)18-37(49)50)29-9-5-8-28(38(29)41)27-7-6-10-34-30(27)20-42-47(34)36-19-35(51-2)32(40(44-36)53-4)23-46-16-13-26(48)21-46/h5-10,17,19-20,25-26,48H,11-16,18,21-23H2,1-4H3,(H,49,50)/t26-/m1/s1. The number of rotatable bonds is 12. The molecule has 13 heteroatoms. The molecular formula is C40H45ClN6O6. The lowest BCUT2D eigenvalue weighted by atomic mass is 9.93. The molecule has 0 amide bonds. The summed E-state index contributed by atoms with van der Waals surface area (Å²) in [5.41, 5.74) is 6.97. The van der Waals surface area contributed by atoms with Crippen LogP contribution in [0.5, 0.6) is 17.5 Å². The number of aryl methyl sites for hydroxylation is 1. The summed E-state index contributed by atoms with van der Waals surface area (Å²) in [6.07, 6.45) is 4.18. The number of aliphatic hydroxyl groups is 1. The maximum atomic E-state index is 11.2. The van der Waals surface area contributed by atoms with Gasteiger partial charge in [0.25, 0.3) is 0 Å². The van der Waals surface area contributed by atoms with Crippen LogP contribution < -0.4 is 14.2 Å². The Hall–Kier alpha value is -4.75. The summed E-state index contributed by atoms with van der Waals surface area (Å²) < 4.78 is 19.2. The molecule has 0 saturated carbocycles. The number of piperidine rings is 1. The number of pyridine rings is 2. The van der Waals surface area contributed by atoms with Gasteiger partial charge < -0.3 is 24.4 Å². The van der Waals surface area contributed by atoms with Gasteiger partial charge in [0.05, 0.1) is 55.4 Å². The smallest absolute Gasteiger partial charge is 0.303 e. The summed E-state index contributed by atoms with van der Waals surface area (Å²) >= 11 is 7.25. The van der Waals surface area contributed by atoms with Gasteiger partial charge >= 0.3 is 5.97 Å². The molecule has 3 aromatic heterocycles. The van der Waals surface area contributed by atoms with E-state index in [-0.39, 0.29) is 18.4 Å². The number of fused-ring (bicyclic) bond motifs is 1. The molecule has 2 aromatic carbocycles. The quantitative estimate of drug-likeness (QED) is 0.147. The van der Waals surface area contributed by atoms with E-state index in [0.717, 1.165) is 83.2 Å². The topological polar surface area (TPSA) is 135 Å². The lowest BCUT2D eigenvalue weighted by Crippen LogP contribution is -2.34. The Balaban J connectivity index is 1.19. The molecule has 0 spiro atoms. The maximum absolute atomic E-state index is 11.2. The molecule has 0 aliphatic carbocycles. The van der Waals surface area contributed by atoms with Crippen molar-refractivity contribution >= 4 is 28.5 Å². The molecule has 7 rings (SSSR count). The fourth-order valence-corrected chi connectivity index (χ4v) is 8.02. The second kappa shape index (κ2) is 15.7. The number of methoxy groups -OCH3 is 3. The van der Waals surface area contributed by atoms with Crippen molar-refractivity contribution in [3.05, 3.63) is 76.4 Å². The first-order valence-corrected chi connectivity index (χ1v) is 18.3. The van der Waals surface area contributed by atoms with E-state index in [1.807, 2.05) is 48.7 Å². The number of ether oxygens (including phenoxy) is 3. The van der Waals surface area contributed by atoms with E-state index in [0.29, 0.717) is 53.7 Å². The number of likely N-dealkylation sites (tertiary alicyclic amines) is 2. The summed E-state index contributed by atoms with van der Waals surface area (Å²) in [6.45, 7) is 6.35. The van der Waals surface area contributed by atoms with Crippen LogP contribution in [0.25, 0.3) is 39.1 Å². The summed E-state index contributed by atoms with van der Waals surface area (Å²) in [7, 11) is 4.86.